The van der Waals surface area contributed by atoms with E-state index < -0.39 is 6.04 Å². The lowest BCUT2D eigenvalue weighted by Gasteiger charge is -2.29. The zero-order valence-electron chi connectivity index (χ0n) is 10.6. The zero-order chi connectivity index (χ0) is 13.8. The van der Waals surface area contributed by atoms with Gasteiger partial charge in [0.15, 0.2) is 11.0 Å². The summed E-state index contributed by atoms with van der Waals surface area (Å²) < 4.78 is 5.21. The molecule has 19 heavy (non-hydrogen) atoms. The number of nitrogen functional groups attached to an aromatic ring is 1. The standard InChI is InChI=1S/C11H16ClN5O2/c1-7(11(18)17-2-4-19-5-3-17)16-10-8(13)9(12)14-6-15-10/h6-7H,2-5,13H2,1H3,(H,14,15,16). The number of nitrogens with zero attached hydrogens (tertiary/aromatic N) is 3. The molecule has 0 aromatic carbocycles. The van der Waals surface area contributed by atoms with Crippen LogP contribution in [-0.2, 0) is 9.53 Å². The molecule has 1 fully saturated rings. The van der Waals surface area contributed by atoms with E-state index >= 15 is 0 Å². The van der Waals surface area contributed by atoms with Crippen LogP contribution in [0.15, 0.2) is 6.33 Å². The lowest BCUT2D eigenvalue weighted by atomic mass is 10.2. The minimum Gasteiger partial charge on any atom is -0.393 e. The lowest BCUT2D eigenvalue weighted by Crippen LogP contribution is -2.47. The van der Waals surface area contributed by atoms with Gasteiger partial charge in [0.25, 0.3) is 0 Å². The number of morpholine rings is 1. The molecule has 1 aliphatic heterocycles. The van der Waals surface area contributed by atoms with Gasteiger partial charge in [0, 0.05) is 13.1 Å². The number of amides is 1. The van der Waals surface area contributed by atoms with Gasteiger partial charge in [-0.3, -0.25) is 4.79 Å². The Bertz CT molecular complexity index is 464. The number of halogens is 1. The molecule has 7 nitrogen and oxygen atoms in total. The molecule has 0 radical (unpaired) electrons. The first-order chi connectivity index (χ1) is 9.09. The van der Waals surface area contributed by atoms with Crippen LogP contribution >= 0.6 is 11.6 Å². The Hall–Kier alpha value is -1.60. The molecular formula is C11H16ClN5O2. The Morgan fingerprint density at radius 1 is 1.53 bits per heavy atom. The first-order valence-electron chi connectivity index (χ1n) is 5.98. The number of carbonyl (C=O) groups is 1. The highest BCUT2D eigenvalue weighted by Gasteiger charge is 2.23. The molecule has 2 heterocycles. The Balaban J connectivity index is 2.01. The van der Waals surface area contributed by atoms with Gasteiger partial charge >= 0.3 is 0 Å². The molecule has 0 aliphatic carbocycles. The van der Waals surface area contributed by atoms with Crippen molar-refractivity contribution in [2.45, 2.75) is 13.0 Å². The third-order valence-electron chi connectivity index (χ3n) is 2.88. The first kappa shape index (κ1) is 13.8. The van der Waals surface area contributed by atoms with Gasteiger partial charge in [-0.15, -0.1) is 0 Å². The molecule has 1 aromatic heterocycles. The summed E-state index contributed by atoms with van der Waals surface area (Å²) in [4.78, 5) is 21.7. The van der Waals surface area contributed by atoms with Crippen molar-refractivity contribution in [3.05, 3.63) is 11.5 Å². The predicted molar refractivity (Wildman–Crippen MR) is 71.9 cm³/mol. The molecule has 3 N–H and O–H groups in total. The maximum Gasteiger partial charge on any atom is 0.244 e. The van der Waals surface area contributed by atoms with Crippen LogP contribution in [0.3, 0.4) is 0 Å². The average molecular weight is 286 g/mol. The van der Waals surface area contributed by atoms with Crippen LogP contribution in [0.2, 0.25) is 5.15 Å². The second-order valence-corrected chi connectivity index (χ2v) is 4.59. The van der Waals surface area contributed by atoms with Gasteiger partial charge in [-0.2, -0.15) is 0 Å². The van der Waals surface area contributed by atoms with E-state index in [1.54, 1.807) is 11.8 Å². The van der Waals surface area contributed by atoms with Gasteiger partial charge in [0.1, 0.15) is 18.1 Å². The average Bonchev–Trinajstić information content (AvgIpc) is 2.44. The number of hydrogen-bond acceptors (Lipinski definition) is 6. The fraction of sp³-hybridized carbons (Fsp3) is 0.545. The first-order valence-corrected chi connectivity index (χ1v) is 6.36. The summed E-state index contributed by atoms with van der Waals surface area (Å²) in [6.45, 7) is 4.10. The predicted octanol–water partition coefficient (Wildman–Crippen LogP) is 0.371. The summed E-state index contributed by atoms with van der Waals surface area (Å²) in [5, 5.41) is 3.13. The summed E-state index contributed by atoms with van der Waals surface area (Å²) in [6, 6.07) is -0.439. The molecule has 2 rings (SSSR count). The lowest BCUT2D eigenvalue weighted by molar-refractivity contribution is -0.135. The monoisotopic (exact) mass is 285 g/mol. The molecule has 1 unspecified atom stereocenters. The fourth-order valence-electron chi connectivity index (χ4n) is 1.81. The highest BCUT2D eigenvalue weighted by atomic mass is 35.5. The van der Waals surface area contributed by atoms with Gasteiger partial charge in [-0.05, 0) is 6.92 Å². The molecule has 0 saturated carbocycles. The third kappa shape index (κ3) is 3.24. The molecule has 1 aromatic rings. The van der Waals surface area contributed by atoms with E-state index in [-0.39, 0.29) is 16.7 Å². The van der Waals surface area contributed by atoms with Crippen molar-refractivity contribution in [1.29, 1.82) is 0 Å². The number of rotatable bonds is 3. The Morgan fingerprint density at radius 3 is 2.89 bits per heavy atom. The van der Waals surface area contributed by atoms with E-state index in [1.165, 1.54) is 6.33 Å². The van der Waals surface area contributed by atoms with Gasteiger partial charge < -0.3 is 20.7 Å². The highest BCUT2D eigenvalue weighted by molar-refractivity contribution is 6.32. The molecule has 1 atom stereocenters. The number of anilines is 2. The van der Waals surface area contributed by atoms with E-state index in [2.05, 4.69) is 15.3 Å². The Kier molecular flexibility index (Phi) is 4.39. The Morgan fingerprint density at radius 2 is 2.21 bits per heavy atom. The van der Waals surface area contributed by atoms with Crippen LogP contribution < -0.4 is 11.1 Å². The molecule has 104 valence electrons. The number of carbonyl (C=O) groups excluding carboxylic acids is 1. The van der Waals surface area contributed by atoms with Crippen molar-refractivity contribution in [1.82, 2.24) is 14.9 Å². The summed E-state index contributed by atoms with van der Waals surface area (Å²) >= 11 is 5.80. The molecule has 1 amide bonds. The minimum absolute atomic E-state index is 0.0163. The number of hydrogen-bond donors (Lipinski definition) is 2. The van der Waals surface area contributed by atoms with Crippen LogP contribution in [0.4, 0.5) is 11.5 Å². The van der Waals surface area contributed by atoms with Gasteiger partial charge in [-0.1, -0.05) is 11.6 Å². The SMILES string of the molecule is CC(Nc1ncnc(Cl)c1N)C(=O)N1CCOCC1. The molecular weight excluding hydrogens is 270 g/mol. The summed E-state index contributed by atoms with van der Waals surface area (Å²) in [5.41, 5.74) is 5.99. The van der Waals surface area contributed by atoms with E-state index in [4.69, 9.17) is 22.1 Å². The second kappa shape index (κ2) is 6.03. The fourth-order valence-corrected chi connectivity index (χ4v) is 1.95. The van der Waals surface area contributed by atoms with E-state index in [1.807, 2.05) is 0 Å². The van der Waals surface area contributed by atoms with Crippen molar-refractivity contribution in [2.75, 3.05) is 37.4 Å². The van der Waals surface area contributed by atoms with E-state index in [0.717, 1.165) is 0 Å². The Labute approximate surface area is 116 Å². The van der Waals surface area contributed by atoms with Gasteiger partial charge in [0.05, 0.1) is 13.2 Å². The molecule has 1 saturated heterocycles. The van der Waals surface area contributed by atoms with Crippen molar-refractivity contribution < 1.29 is 9.53 Å². The molecule has 0 bridgehead atoms. The van der Waals surface area contributed by atoms with Gasteiger partial charge in [0.2, 0.25) is 5.91 Å². The van der Waals surface area contributed by atoms with Crippen LogP contribution in [0.25, 0.3) is 0 Å². The maximum absolute atomic E-state index is 12.2. The largest absolute Gasteiger partial charge is 0.393 e. The van der Waals surface area contributed by atoms with Crippen molar-refractivity contribution in [3.8, 4) is 0 Å². The minimum atomic E-state index is -0.439. The molecule has 0 spiro atoms. The van der Waals surface area contributed by atoms with Crippen molar-refractivity contribution in [3.63, 3.8) is 0 Å². The summed E-state index contributed by atoms with van der Waals surface area (Å²) in [7, 11) is 0. The number of aromatic nitrogens is 2. The van der Waals surface area contributed by atoms with E-state index in [9.17, 15) is 4.79 Å². The quantitative estimate of drug-likeness (QED) is 0.780. The van der Waals surface area contributed by atoms with Crippen molar-refractivity contribution in [2.24, 2.45) is 0 Å². The van der Waals surface area contributed by atoms with E-state index in [0.29, 0.717) is 32.1 Å². The third-order valence-corrected chi connectivity index (χ3v) is 3.18. The smallest absolute Gasteiger partial charge is 0.244 e. The van der Waals surface area contributed by atoms with Crippen LogP contribution in [0, 0.1) is 0 Å². The van der Waals surface area contributed by atoms with Crippen LogP contribution in [0.1, 0.15) is 6.92 Å². The van der Waals surface area contributed by atoms with Gasteiger partial charge in [-0.25, -0.2) is 9.97 Å². The summed E-state index contributed by atoms with van der Waals surface area (Å²) in [6.07, 6.45) is 1.30. The maximum atomic E-state index is 12.2. The van der Waals surface area contributed by atoms with Crippen LogP contribution in [-0.4, -0.2) is 53.1 Å². The molecule has 1 aliphatic rings. The zero-order valence-corrected chi connectivity index (χ0v) is 11.4. The number of ether oxygens (including phenoxy) is 1. The number of nitrogens with two attached hydrogens (primary N) is 1. The second-order valence-electron chi connectivity index (χ2n) is 4.23. The van der Waals surface area contributed by atoms with Crippen molar-refractivity contribution >= 4 is 29.0 Å². The molecule has 8 heteroatoms. The number of nitrogens with one attached hydrogen (secondary N) is 1. The topological polar surface area (TPSA) is 93.4 Å². The summed E-state index contributed by atoms with van der Waals surface area (Å²) in [5.74, 6) is 0.353. The van der Waals surface area contributed by atoms with Crippen LogP contribution in [0.5, 0.6) is 0 Å². The highest BCUT2D eigenvalue weighted by Crippen LogP contribution is 2.22. The normalized spacial score (nSPS) is 17.1.